The number of hydrogen-bond donors (Lipinski definition) is 0. The molecule has 2 aromatic rings. The highest BCUT2D eigenvalue weighted by Gasteiger charge is 2.38. The van der Waals surface area contributed by atoms with Gasteiger partial charge in [0.05, 0.1) is 0 Å². The Morgan fingerprint density at radius 3 is 1.21 bits per heavy atom. The van der Waals surface area contributed by atoms with Crippen molar-refractivity contribution in [3.8, 4) is 0 Å². The molecule has 0 bridgehead atoms. The lowest BCUT2D eigenvalue weighted by Crippen LogP contribution is -2.53. The van der Waals surface area contributed by atoms with Gasteiger partial charge in [0.15, 0.2) is 0 Å². The van der Waals surface area contributed by atoms with Crippen LogP contribution in [-0.4, -0.2) is 36.0 Å². The highest BCUT2D eigenvalue weighted by atomic mass is 15.3. The number of benzene rings is 2. The molecule has 28 heavy (non-hydrogen) atoms. The third kappa shape index (κ3) is 5.68. The van der Waals surface area contributed by atoms with Crippen molar-refractivity contribution in [1.29, 1.82) is 0 Å². The monoisotopic (exact) mass is 378 g/mol. The van der Waals surface area contributed by atoms with Gasteiger partial charge in [-0.1, -0.05) is 102 Å². The molecule has 152 valence electrons. The van der Waals surface area contributed by atoms with Gasteiger partial charge in [0, 0.05) is 38.3 Å². The summed E-state index contributed by atoms with van der Waals surface area (Å²) in [6, 6.07) is 23.1. The predicted molar refractivity (Wildman–Crippen MR) is 120 cm³/mol. The maximum atomic E-state index is 2.73. The van der Waals surface area contributed by atoms with Crippen LogP contribution in [0.1, 0.15) is 64.8 Å². The van der Waals surface area contributed by atoms with E-state index in [1.807, 2.05) is 0 Å². The van der Waals surface area contributed by atoms with E-state index in [1.54, 1.807) is 0 Å². The van der Waals surface area contributed by atoms with Crippen molar-refractivity contribution in [3.05, 3.63) is 71.8 Å². The third-order valence-corrected chi connectivity index (χ3v) is 5.42. The normalized spacial score (nSPS) is 22.4. The van der Waals surface area contributed by atoms with Gasteiger partial charge < -0.3 is 0 Å². The summed E-state index contributed by atoms with van der Waals surface area (Å²) in [5.74, 6) is 0. The van der Waals surface area contributed by atoms with Crippen molar-refractivity contribution in [2.75, 3.05) is 26.2 Å². The van der Waals surface area contributed by atoms with Gasteiger partial charge in [-0.2, -0.15) is 0 Å². The highest BCUT2D eigenvalue weighted by molar-refractivity contribution is 5.24. The lowest BCUT2D eigenvalue weighted by atomic mass is 9.88. The van der Waals surface area contributed by atoms with Crippen LogP contribution in [0.15, 0.2) is 60.7 Å². The Labute approximate surface area is 172 Å². The Morgan fingerprint density at radius 2 is 0.929 bits per heavy atom. The first kappa shape index (κ1) is 21.1. The van der Waals surface area contributed by atoms with E-state index in [2.05, 4.69) is 112 Å². The summed E-state index contributed by atoms with van der Waals surface area (Å²) in [5, 5.41) is 0. The van der Waals surface area contributed by atoms with E-state index < -0.39 is 0 Å². The van der Waals surface area contributed by atoms with Crippen LogP contribution in [0.5, 0.6) is 0 Å². The number of rotatable bonds is 4. The van der Waals surface area contributed by atoms with Gasteiger partial charge in [-0.3, -0.25) is 9.80 Å². The van der Waals surface area contributed by atoms with Crippen molar-refractivity contribution in [2.45, 2.75) is 53.6 Å². The highest BCUT2D eigenvalue weighted by Crippen LogP contribution is 2.38. The molecule has 1 aliphatic rings. The molecule has 1 heterocycles. The Kier molecular flexibility index (Phi) is 6.31. The molecule has 1 saturated heterocycles. The average molecular weight is 379 g/mol. The van der Waals surface area contributed by atoms with E-state index in [1.165, 1.54) is 11.1 Å². The number of piperazine rings is 1. The van der Waals surface area contributed by atoms with Gasteiger partial charge in [-0.15, -0.1) is 0 Å². The lowest BCUT2D eigenvalue weighted by Gasteiger charge is -2.50. The molecule has 2 atom stereocenters. The van der Waals surface area contributed by atoms with E-state index in [4.69, 9.17) is 0 Å². The predicted octanol–water partition coefficient (Wildman–Crippen LogP) is 6.18. The molecule has 1 fully saturated rings. The quantitative estimate of drug-likeness (QED) is 0.627. The summed E-state index contributed by atoms with van der Waals surface area (Å²) in [6.07, 6.45) is 0. The molecule has 0 saturated carbocycles. The van der Waals surface area contributed by atoms with E-state index in [9.17, 15) is 0 Å². The number of hydrogen-bond acceptors (Lipinski definition) is 2. The molecular weight excluding hydrogens is 340 g/mol. The van der Waals surface area contributed by atoms with Gasteiger partial charge in [-0.25, -0.2) is 0 Å². The second-order valence-electron chi connectivity index (χ2n) is 10.8. The fourth-order valence-electron chi connectivity index (χ4n) is 4.48. The zero-order chi connectivity index (χ0) is 20.4. The molecule has 2 aromatic carbocycles. The van der Waals surface area contributed by atoms with Gasteiger partial charge in [0.1, 0.15) is 0 Å². The molecule has 0 aliphatic carbocycles. The Hall–Kier alpha value is -1.64. The van der Waals surface area contributed by atoms with Crippen LogP contribution in [0.4, 0.5) is 0 Å². The molecule has 0 N–H and O–H groups in total. The topological polar surface area (TPSA) is 6.48 Å². The smallest absolute Gasteiger partial charge is 0.0476 e. The minimum atomic E-state index is 0.278. The zero-order valence-electron chi connectivity index (χ0n) is 18.7. The molecule has 2 nitrogen and oxygen atoms in total. The maximum Gasteiger partial charge on any atom is 0.0476 e. The SMILES string of the molecule is CC(C)(C)CN1CC(c2ccccc2)N(CC(C)(C)C)CC1c1ccccc1. The zero-order valence-corrected chi connectivity index (χ0v) is 18.7. The molecule has 0 radical (unpaired) electrons. The molecule has 0 aromatic heterocycles. The number of nitrogens with zero attached hydrogens (tertiary/aromatic N) is 2. The molecule has 0 spiro atoms. The van der Waals surface area contributed by atoms with Crippen molar-refractivity contribution in [2.24, 2.45) is 10.8 Å². The van der Waals surface area contributed by atoms with Crippen LogP contribution in [-0.2, 0) is 0 Å². The van der Waals surface area contributed by atoms with Crippen molar-refractivity contribution in [1.82, 2.24) is 9.80 Å². The van der Waals surface area contributed by atoms with Crippen molar-refractivity contribution in [3.63, 3.8) is 0 Å². The first-order chi connectivity index (χ1) is 13.1. The second-order valence-corrected chi connectivity index (χ2v) is 10.8. The van der Waals surface area contributed by atoms with Crippen LogP contribution in [0.25, 0.3) is 0 Å². The molecule has 0 amide bonds. The van der Waals surface area contributed by atoms with E-state index in [0.29, 0.717) is 12.1 Å². The molecular formula is C26H38N2. The molecule has 2 heteroatoms. The van der Waals surface area contributed by atoms with Crippen LogP contribution >= 0.6 is 0 Å². The molecule has 1 aliphatic heterocycles. The van der Waals surface area contributed by atoms with E-state index in [0.717, 1.165) is 26.2 Å². The van der Waals surface area contributed by atoms with Gasteiger partial charge in [0.2, 0.25) is 0 Å². The lowest BCUT2D eigenvalue weighted by molar-refractivity contribution is -0.00671. The van der Waals surface area contributed by atoms with Gasteiger partial charge in [0.25, 0.3) is 0 Å². The third-order valence-electron chi connectivity index (χ3n) is 5.42. The average Bonchev–Trinajstić information content (AvgIpc) is 2.62. The largest absolute Gasteiger partial charge is 0.293 e. The molecule has 3 rings (SSSR count). The summed E-state index contributed by atoms with van der Waals surface area (Å²) in [6.45, 7) is 18.5. The maximum absolute atomic E-state index is 2.73. The van der Waals surface area contributed by atoms with E-state index in [-0.39, 0.29) is 10.8 Å². The second kappa shape index (κ2) is 8.39. The van der Waals surface area contributed by atoms with Gasteiger partial charge >= 0.3 is 0 Å². The first-order valence-electron chi connectivity index (χ1n) is 10.7. The van der Waals surface area contributed by atoms with E-state index >= 15 is 0 Å². The molecule has 2 unspecified atom stereocenters. The fourth-order valence-corrected chi connectivity index (χ4v) is 4.48. The fraction of sp³-hybridized carbons (Fsp3) is 0.538. The van der Waals surface area contributed by atoms with Gasteiger partial charge in [-0.05, 0) is 22.0 Å². The minimum absolute atomic E-state index is 0.278. The Bertz CT molecular complexity index is 659. The Morgan fingerprint density at radius 1 is 0.607 bits per heavy atom. The summed E-state index contributed by atoms with van der Waals surface area (Å²) in [5.41, 5.74) is 3.44. The van der Waals surface area contributed by atoms with Crippen molar-refractivity contribution >= 4 is 0 Å². The van der Waals surface area contributed by atoms with Crippen LogP contribution in [0.2, 0.25) is 0 Å². The summed E-state index contributed by atoms with van der Waals surface area (Å²) < 4.78 is 0. The minimum Gasteiger partial charge on any atom is -0.293 e. The summed E-state index contributed by atoms with van der Waals surface area (Å²) >= 11 is 0. The van der Waals surface area contributed by atoms with Crippen LogP contribution in [0.3, 0.4) is 0 Å². The van der Waals surface area contributed by atoms with Crippen LogP contribution in [0, 0.1) is 10.8 Å². The Balaban J connectivity index is 1.96. The van der Waals surface area contributed by atoms with Crippen molar-refractivity contribution < 1.29 is 0 Å². The summed E-state index contributed by atoms with van der Waals surface area (Å²) in [4.78, 5) is 5.46. The van der Waals surface area contributed by atoms with Crippen LogP contribution < -0.4 is 0 Å². The standard InChI is InChI=1S/C26H38N2/c1-25(2,3)19-27-17-24(22-15-11-8-12-16-22)28(20-26(4,5)6)18-23(27)21-13-9-7-10-14-21/h7-16,23-24H,17-20H2,1-6H3. The first-order valence-corrected chi connectivity index (χ1v) is 10.7. The summed E-state index contributed by atoms with van der Waals surface area (Å²) in [7, 11) is 0.